The predicted molar refractivity (Wildman–Crippen MR) is 69.6 cm³/mol. The van der Waals surface area contributed by atoms with E-state index < -0.39 is 5.54 Å². The molecule has 0 aromatic carbocycles. The number of carbonyl (C=O) groups excluding carboxylic acids is 1. The second-order valence-corrected chi connectivity index (χ2v) is 5.84. The van der Waals surface area contributed by atoms with Crippen LogP contribution in [0.15, 0.2) is 0 Å². The summed E-state index contributed by atoms with van der Waals surface area (Å²) in [5.74, 6) is 2.65. The molecule has 3 N–H and O–H groups in total. The van der Waals surface area contributed by atoms with Gasteiger partial charge in [0.25, 0.3) is 0 Å². The molecule has 100 valence electrons. The Morgan fingerprint density at radius 3 is 3.00 bits per heavy atom. The molecule has 0 aromatic heterocycles. The summed E-state index contributed by atoms with van der Waals surface area (Å²) in [6.45, 7) is 5.33. The molecular weight excluding hydrogens is 228 g/mol. The normalized spacial score (nSPS) is 36.3. The van der Waals surface area contributed by atoms with Gasteiger partial charge in [-0.1, -0.05) is 13.8 Å². The van der Waals surface area contributed by atoms with Crippen LogP contribution in [0.3, 0.4) is 0 Å². The van der Waals surface area contributed by atoms with Crippen molar-refractivity contribution in [2.24, 2.45) is 17.1 Å². The SMILES string of the molecule is C#CCCCNC(=O)C1(N)C2CCOC2C1(C)C. The van der Waals surface area contributed by atoms with Crippen LogP contribution in [0.1, 0.15) is 33.1 Å². The molecule has 0 bridgehead atoms. The molecule has 2 aliphatic rings. The molecule has 0 aromatic rings. The molecule has 2 rings (SSSR count). The molecular formula is C14H22N2O2. The number of ether oxygens (including phenoxy) is 1. The first-order valence-electron chi connectivity index (χ1n) is 6.58. The van der Waals surface area contributed by atoms with Gasteiger partial charge in [0.2, 0.25) is 5.91 Å². The van der Waals surface area contributed by atoms with Crippen molar-refractivity contribution >= 4 is 5.91 Å². The Kier molecular flexibility index (Phi) is 3.39. The van der Waals surface area contributed by atoms with Crippen molar-refractivity contribution < 1.29 is 9.53 Å². The molecule has 1 heterocycles. The van der Waals surface area contributed by atoms with Gasteiger partial charge in [-0.15, -0.1) is 12.3 Å². The molecule has 1 amide bonds. The summed E-state index contributed by atoms with van der Waals surface area (Å²) in [5.41, 5.74) is 5.29. The van der Waals surface area contributed by atoms with Crippen molar-refractivity contribution in [2.75, 3.05) is 13.2 Å². The summed E-state index contributed by atoms with van der Waals surface area (Å²) < 4.78 is 5.67. The summed E-state index contributed by atoms with van der Waals surface area (Å²) in [5, 5.41) is 2.91. The second-order valence-electron chi connectivity index (χ2n) is 5.84. The highest BCUT2D eigenvalue weighted by Gasteiger charge is 2.71. The van der Waals surface area contributed by atoms with Crippen LogP contribution in [0.2, 0.25) is 0 Å². The van der Waals surface area contributed by atoms with Crippen molar-refractivity contribution in [3.8, 4) is 12.3 Å². The van der Waals surface area contributed by atoms with Crippen molar-refractivity contribution in [1.29, 1.82) is 0 Å². The first kappa shape index (κ1) is 13.4. The van der Waals surface area contributed by atoms with Gasteiger partial charge < -0.3 is 15.8 Å². The fraction of sp³-hybridized carbons (Fsp3) is 0.786. The van der Waals surface area contributed by atoms with Gasteiger partial charge in [-0.05, 0) is 12.8 Å². The average molecular weight is 250 g/mol. The van der Waals surface area contributed by atoms with Crippen molar-refractivity contribution in [3.05, 3.63) is 0 Å². The van der Waals surface area contributed by atoms with E-state index in [2.05, 4.69) is 11.2 Å². The van der Waals surface area contributed by atoms with Crippen LogP contribution in [0.25, 0.3) is 0 Å². The van der Waals surface area contributed by atoms with E-state index in [-0.39, 0.29) is 23.3 Å². The highest BCUT2D eigenvalue weighted by molar-refractivity contribution is 5.89. The molecule has 1 aliphatic heterocycles. The number of unbranched alkanes of at least 4 members (excludes halogenated alkanes) is 1. The Bertz CT molecular complexity index is 386. The third-order valence-electron chi connectivity index (χ3n) is 4.61. The molecule has 4 heteroatoms. The van der Waals surface area contributed by atoms with Gasteiger partial charge in [-0.2, -0.15) is 0 Å². The molecule has 3 unspecified atom stereocenters. The number of hydrogen-bond acceptors (Lipinski definition) is 3. The van der Waals surface area contributed by atoms with E-state index in [0.717, 1.165) is 12.8 Å². The average Bonchev–Trinajstić information content (AvgIpc) is 2.81. The fourth-order valence-electron chi connectivity index (χ4n) is 3.38. The number of rotatable bonds is 4. The number of terminal acetylenes is 1. The lowest BCUT2D eigenvalue weighted by atomic mass is 9.48. The Morgan fingerprint density at radius 1 is 1.61 bits per heavy atom. The molecule has 1 saturated heterocycles. The highest BCUT2D eigenvalue weighted by Crippen LogP contribution is 2.58. The Labute approximate surface area is 109 Å². The molecule has 1 aliphatic carbocycles. The molecule has 2 fully saturated rings. The summed E-state index contributed by atoms with van der Waals surface area (Å²) in [6.07, 6.45) is 7.65. The zero-order valence-corrected chi connectivity index (χ0v) is 11.2. The third kappa shape index (κ3) is 1.65. The molecule has 0 radical (unpaired) electrons. The van der Waals surface area contributed by atoms with E-state index >= 15 is 0 Å². The van der Waals surface area contributed by atoms with Crippen LogP contribution in [0.4, 0.5) is 0 Å². The van der Waals surface area contributed by atoms with Crippen molar-refractivity contribution in [1.82, 2.24) is 5.32 Å². The minimum atomic E-state index is -0.801. The summed E-state index contributed by atoms with van der Waals surface area (Å²) >= 11 is 0. The van der Waals surface area contributed by atoms with E-state index in [1.807, 2.05) is 13.8 Å². The van der Waals surface area contributed by atoms with E-state index in [1.165, 1.54) is 0 Å². The van der Waals surface area contributed by atoms with Crippen LogP contribution in [0, 0.1) is 23.7 Å². The minimum Gasteiger partial charge on any atom is -0.377 e. The van der Waals surface area contributed by atoms with E-state index in [4.69, 9.17) is 16.9 Å². The van der Waals surface area contributed by atoms with Crippen LogP contribution < -0.4 is 11.1 Å². The van der Waals surface area contributed by atoms with Gasteiger partial charge in [-0.25, -0.2) is 0 Å². The number of hydrogen-bond donors (Lipinski definition) is 2. The monoisotopic (exact) mass is 250 g/mol. The van der Waals surface area contributed by atoms with Gasteiger partial charge in [0.1, 0.15) is 5.54 Å². The molecule has 1 saturated carbocycles. The van der Waals surface area contributed by atoms with Crippen LogP contribution >= 0.6 is 0 Å². The van der Waals surface area contributed by atoms with E-state index in [9.17, 15) is 4.79 Å². The molecule has 3 atom stereocenters. The number of nitrogens with one attached hydrogen (secondary N) is 1. The lowest BCUT2D eigenvalue weighted by molar-refractivity contribution is -0.175. The standard InChI is InChI=1S/C14H22N2O2/c1-4-5-6-8-16-12(17)14(15)10-7-9-18-11(10)13(14,2)3/h1,10-11H,5-9,15H2,2-3H3,(H,16,17). The van der Waals surface area contributed by atoms with Gasteiger partial charge in [0.15, 0.2) is 0 Å². The van der Waals surface area contributed by atoms with Crippen LogP contribution in [-0.4, -0.2) is 30.7 Å². The Balaban J connectivity index is 1.98. The van der Waals surface area contributed by atoms with E-state index in [0.29, 0.717) is 19.6 Å². The maximum absolute atomic E-state index is 12.3. The Hall–Kier alpha value is -1.05. The van der Waals surface area contributed by atoms with Crippen LogP contribution in [-0.2, 0) is 9.53 Å². The third-order valence-corrected chi connectivity index (χ3v) is 4.61. The largest absolute Gasteiger partial charge is 0.377 e. The molecule has 4 nitrogen and oxygen atoms in total. The van der Waals surface area contributed by atoms with Gasteiger partial charge in [-0.3, -0.25) is 4.79 Å². The van der Waals surface area contributed by atoms with Crippen LogP contribution in [0.5, 0.6) is 0 Å². The zero-order chi connectivity index (χ0) is 13.4. The summed E-state index contributed by atoms with van der Waals surface area (Å²) in [6, 6.07) is 0. The number of fused-ring (bicyclic) bond motifs is 1. The lowest BCUT2D eigenvalue weighted by Crippen LogP contribution is -2.80. The van der Waals surface area contributed by atoms with Gasteiger partial charge in [0.05, 0.1) is 6.10 Å². The topological polar surface area (TPSA) is 64.4 Å². The summed E-state index contributed by atoms with van der Waals surface area (Å²) in [4.78, 5) is 12.3. The first-order valence-corrected chi connectivity index (χ1v) is 6.58. The minimum absolute atomic E-state index is 0.0590. The molecule has 18 heavy (non-hydrogen) atoms. The van der Waals surface area contributed by atoms with Crippen molar-refractivity contribution in [2.45, 2.75) is 44.8 Å². The number of carbonyl (C=O) groups is 1. The smallest absolute Gasteiger partial charge is 0.241 e. The number of amides is 1. The molecule has 0 spiro atoms. The lowest BCUT2D eigenvalue weighted by Gasteiger charge is -2.60. The second kappa shape index (κ2) is 4.56. The first-order chi connectivity index (χ1) is 8.46. The van der Waals surface area contributed by atoms with Crippen molar-refractivity contribution in [3.63, 3.8) is 0 Å². The van der Waals surface area contributed by atoms with Gasteiger partial charge in [0, 0.05) is 30.9 Å². The maximum Gasteiger partial charge on any atom is 0.241 e. The quantitative estimate of drug-likeness (QED) is 0.569. The van der Waals surface area contributed by atoms with Gasteiger partial charge >= 0.3 is 0 Å². The zero-order valence-electron chi connectivity index (χ0n) is 11.2. The number of nitrogens with two attached hydrogens (primary N) is 1. The van der Waals surface area contributed by atoms with E-state index in [1.54, 1.807) is 0 Å². The maximum atomic E-state index is 12.3. The Morgan fingerprint density at radius 2 is 2.33 bits per heavy atom. The predicted octanol–water partition coefficient (Wildman–Crippen LogP) is 0.658. The fourth-order valence-corrected chi connectivity index (χ4v) is 3.38. The highest BCUT2D eigenvalue weighted by atomic mass is 16.5. The summed E-state index contributed by atoms with van der Waals surface area (Å²) in [7, 11) is 0.